The van der Waals surface area contributed by atoms with Crippen molar-refractivity contribution < 1.29 is 14.7 Å². The van der Waals surface area contributed by atoms with Gasteiger partial charge >= 0.3 is 5.97 Å². The van der Waals surface area contributed by atoms with Crippen LogP contribution in [0.2, 0.25) is 0 Å². The van der Waals surface area contributed by atoms with Crippen LogP contribution in [-0.4, -0.2) is 48.6 Å². The summed E-state index contributed by atoms with van der Waals surface area (Å²) in [6.07, 6.45) is 1.70. The van der Waals surface area contributed by atoms with Crippen molar-refractivity contribution in [3.63, 3.8) is 0 Å². The van der Waals surface area contributed by atoms with Crippen LogP contribution in [-0.2, 0) is 4.79 Å². The van der Waals surface area contributed by atoms with Crippen molar-refractivity contribution in [2.45, 2.75) is 50.9 Å². The fraction of sp³-hybridized carbons (Fsp3) is 0.692. The Morgan fingerprint density at radius 1 is 1.48 bits per heavy atom. The van der Waals surface area contributed by atoms with Crippen LogP contribution in [0.5, 0.6) is 0 Å². The molecular formula is C13H19N3O3S2. The summed E-state index contributed by atoms with van der Waals surface area (Å²) in [5, 5.41) is 13.3. The van der Waals surface area contributed by atoms with Crippen LogP contribution in [0.3, 0.4) is 0 Å². The maximum Gasteiger partial charge on any atom is 0.327 e. The number of aliphatic carboxylic acids is 1. The molecule has 1 aromatic heterocycles. The Bertz CT molecular complexity index is 532. The van der Waals surface area contributed by atoms with Crippen molar-refractivity contribution in [2.75, 3.05) is 5.75 Å². The van der Waals surface area contributed by atoms with Crippen molar-refractivity contribution in [1.29, 1.82) is 0 Å². The van der Waals surface area contributed by atoms with Crippen molar-refractivity contribution in [3.8, 4) is 0 Å². The van der Waals surface area contributed by atoms with Gasteiger partial charge in [-0.3, -0.25) is 4.79 Å². The minimum Gasteiger partial charge on any atom is -0.480 e. The maximum atomic E-state index is 12.8. The number of carboxylic acids is 1. The molecule has 1 saturated heterocycles. The second-order valence-electron chi connectivity index (χ2n) is 5.29. The molecule has 1 amide bonds. The van der Waals surface area contributed by atoms with Gasteiger partial charge in [-0.25, -0.2) is 4.79 Å². The van der Waals surface area contributed by atoms with Crippen molar-refractivity contribution in [2.24, 2.45) is 0 Å². The van der Waals surface area contributed by atoms with Gasteiger partial charge in [0.1, 0.15) is 10.9 Å². The number of carbonyl (C=O) groups excluding carboxylic acids is 1. The first-order valence-electron chi connectivity index (χ1n) is 6.96. The molecule has 0 bridgehead atoms. The highest BCUT2D eigenvalue weighted by molar-refractivity contribution is 8.00. The van der Waals surface area contributed by atoms with Gasteiger partial charge in [0, 0.05) is 5.75 Å². The van der Waals surface area contributed by atoms with Gasteiger partial charge in [-0.1, -0.05) is 31.7 Å². The van der Waals surface area contributed by atoms with E-state index < -0.39 is 12.0 Å². The molecule has 2 rings (SSSR count). The average Bonchev–Trinajstić information content (AvgIpc) is 3.04. The van der Waals surface area contributed by atoms with Crippen molar-refractivity contribution in [1.82, 2.24) is 14.5 Å². The predicted molar refractivity (Wildman–Crippen MR) is 82.7 cm³/mol. The maximum absolute atomic E-state index is 12.8. The van der Waals surface area contributed by atoms with E-state index in [2.05, 4.69) is 9.59 Å². The van der Waals surface area contributed by atoms with Crippen LogP contribution in [0.1, 0.15) is 54.9 Å². The van der Waals surface area contributed by atoms with E-state index in [1.165, 1.54) is 16.7 Å². The summed E-state index contributed by atoms with van der Waals surface area (Å²) in [5.41, 5.74) is 0.654. The average molecular weight is 329 g/mol. The Morgan fingerprint density at radius 2 is 2.19 bits per heavy atom. The number of thioether (sulfide) groups is 1. The van der Waals surface area contributed by atoms with Gasteiger partial charge in [0.2, 0.25) is 0 Å². The Morgan fingerprint density at radius 3 is 2.76 bits per heavy atom. The lowest BCUT2D eigenvalue weighted by atomic mass is 10.1. The fourth-order valence-electron chi connectivity index (χ4n) is 2.34. The summed E-state index contributed by atoms with van der Waals surface area (Å²) in [7, 11) is 0. The van der Waals surface area contributed by atoms with Crippen LogP contribution < -0.4 is 0 Å². The SMILES string of the molecule is CCCC1SCC(C(=O)O)N1C(=O)c1snnc1C(C)C. The molecule has 2 atom stereocenters. The molecule has 0 saturated carbocycles. The zero-order valence-electron chi connectivity index (χ0n) is 12.3. The summed E-state index contributed by atoms with van der Waals surface area (Å²) >= 11 is 2.59. The predicted octanol–water partition coefficient (Wildman–Crippen LogP) is 2.43. The Balaban J connectivity index is 2.32. The molecule has 1 N–H and O–H groups in total. The smallest absolute Gasteiger partial charge is 0.327 e. The summed E-state index contributed by atoms with van der Waals surface area (Å²) in [6.45, 7) is 5.93. The number of hydrogen-bond donors (Lipinski definition) is 1. The zero-order valence-corrected chi connectivity index (χ0v) is 13.9. The molecule has 1 fully saturated rings. The Labute approximate surface area is 132 Å². The van der Waals surface area contributed by atoms with E-state index in [0.717, 1.165) is 24.4 Å². The minimum atomic E-state index is -0.946. The quantitative estimate of drug-likeness (QED) is 0.893. The van der Waals surface area contributed by atoms with Gasteiger partial charge in [0.25, 0.3) is 5.91 Å². The summed E-state index contributed by atoms with van der Waals surface area (Å²) in [5.74, 6) is -0.664. The number of rotatable bonds is 5. The number of aromatic nitrogens is 2. The van der Waals surface area contributed by atoms with Crippen molar-refractivity contribution >= 4 is 35.2 Å². The second-order valence-corrected chi connectivity index (χ2v) is 7.25. The largest absolute Gasteiger partial charge is 0.480 e. The molecule has 1 aromatic rings. The van der Waals surface area contributed by atoms with E-state index >= 15 is 0 Å². The molecule has 2 heterocycles. The third-order valence-corrected chi connectivity index (χ3v) is 5.49. The highest BCUT2D eigenvalue weighted by Crippen LogP contribution is 2.35. The standard InChI is InChI=1S/C13H19N3O3S2/c1-4-5-9-16(8(6-20-9)13(18)19)12(17)11-10(7(2)3)14-15-21-11/h7-9H,4-6H2,1-3H3,(H,18,19). The number of amides is 1. The molecule has 0 radical (unpaired) electrons. The molecule has 6 nitrogen and oxygen atoms in total. The lowest BCUT2D eigenvalue weighted by Crippen LogP contribution is -2.45. The third-order valence-electron chi connectivity index (χ3n) is 3.40. The molecule has 0 spiro atoms. The lowest BCUT2D eigenvalue weighted by molar-refractivity contribution is -0.141. The molecular weight excluding hydrogens is 310 g/mol. The van der Waals surface area contributed by atoms with E-state index in [-0.39, 0.29) is 17.2 Å². The highest BCUT2D eigenvalue weighted by atomic mass is 32.2. The third kappa shape index (κ3) is 3.21. The summed E-state index contributed by atoms with van der Waals surface area (Å²) in [4.78, 5) is 26.2. The van der Waals surface area contributed by atoms with E-state index in [1.807, 2.05) is 20.8 Å². The van der Waals surface area contributed by atoms with Crippen LogP contribution in [0.4, 0.5) is 0 Å². The van der Waals surface area contributed by atoms with Crippen molar-refractivity contribution in [3.05, 3.63) is 10.6 Å². The first kappa shape index (κ1) is 16.2. The van der Waals surface area contributed by atoms with Crippen LogP contribution in [0, 0.1) is 0 Å². The highest BCUT2D eigenvalue weighted by Gasteiger charge is 2.42. The molecule has 0 aliphatic carbocycles. The summed E-state index contributed by atoms with van der Waals surface area (Å²) in [6, 6.07) is -0.763. The summed E-state index contributed by atoms with van der Waals surface area (Å²) < 4.78 is 3.87. The van der Waals surface area contributed by atoms with E-state index in [1.54, 1.807) is 0 Å². The zero-order chi connectivity index (χ0) is 15.6. The van der Waals surface area contributed by atoms with Crippen LogP contribution >= 0.6 is 23.3 Å². The lowest BCUT2D eigenvalue weighted by Gasteiger charge is -2.26. The molecule has 0 aromatic carbocycles. The molecule has 116 valence electrons. The van der Waals surface area contributed by atoms with Gasteiger partial charge in [-0.15, -0.1) is 16.9 Å². The Hall–Kier alpha value is -1.15. The van der Waals surface area contributed by atoms with Gasteiger partial charge in [-0.2, -0.15) is 0 Å². The number of carboxylic acid groups (broad SMARTS) is 1. The van der Waals surface area contributed by atoms with E-state index in [9.17, 15) is 14.7 Å². The van der Waals surface area contributed by atoms with Gasteiger partial charge < -0.3 is 10.0 Å². The fourth-order valence-corrected chi connectivity index (χ4v) is 4.61. The molecule has 21 heavy (non-hydrogen) atoms. The minimum absolute atomic E-state index is 0.0780. The first-order valence-corrected chi connectivity index (χ1v) is 8.78. The second kappa shape index (κ2) is 6.74. The van der Waals surface area contributed by atoms with Gasteiger partial charge in [0.05, 0.1) is 11.1 Å². The van der Waals surface area contributed by atoms with E-state index in [0.29, 0.717) is 16.3 Å². The number of hydrogen-bond acceptors (Lipinski definition) is 6. The van der Waals surface area contributed by atoms with Crippen LogP contribution in [0.25, 0.3) is 0 Å². The molecule has 1 aliphatic heterocycles. The molecule has 2 unspecified atom stereocenters. The van der Waals surface area contributed by atoms with Crippen LogP contribution in [0.15, 0.2) is 0 Å². The topological polar surface area (TPSA) is 83.4 Å². The van der Waals surface area contributed by atoms with Gasteiger partial charge in [-0.05, 0) is 23.9 Å². The molecule has 8 heteroatoms. The Kier molecular flexibility index (Phi) is 5.21. The van der Waals surface area contributed by atoms with E-state index in [4.69, 9.17) is 0 Å². The van der Waals surface area contributed by atoms with Gasteiger partial charge in [0.15, 0.2) is 0 Å². The molecule has 1 aliphatic rings. The number of nitrogens with zero attached hydrogens (tertiary/aromatic N) is 3. The first-order chi connectivity index (χ1) is 9.97. The number of carbonyl (C=O) groups is 2. The normalized spacial score (nSPS) is 22.0. The monoisotopic (exact) mass is 329 g/mol.